The van der Waals surface area contributed by atoms with Gasteiger partial charge in [0.1, 0.15) is 5.66 Å². The molecule has 1 atom stereocenters. The maximum atomic E-state index is 11.0. The van der Waals surface area contributed by atoms with E-state index in [0.29, 0.717) is 6.54 Å². The van der Waals surface area contributed by atoms with Crippen LogP contribution in [0.15, 0.2) is 0 Å². The number of nitrogens with zero attached hydrogens (tertiary/aromatic N) is 1. The Hall–Kier alpha value is -0.610. The number of hydrogen-bond donors (Lipinski definition) is 2. The predicted molar refractivity (Wildman–Crippen MR) is 41.0 cm³/mol. The van der Waals surface area contributed by atoms with Crippen molar-refractivity contribution in [3.63, 3.8) is 0 Å². The lowest BCUT2D eigenvalue weighted by Gasteiger charge is -2.29. The fraction of sp³-hybridized carbons (Fsp3) is 0.857. The van der Waals surface area contributed by atoms with E-state index in [1.807, 2.05) is 7.05 Å². The number of rotatable bonds is 0. The van der Waals surface area contributed by atoms with Gasteiger partial charge in [0.2, 0.25) is 5.91 Å². The molecule has 4 heteroatoms. The highest BCUT2D eigenvalue weighted by Crippen LogP contribution is 2.22. The standard InChI is InChI=1S/C7H13N3O/c1-10-4-6(11)9-7(10)2-3-8-5-7/h8H,2-5H2,1H3,(H,9,11). The van der Waals surface area contributed by atoms with Gasteiger partial charge in [-0.3, -0.25) is 9.69 Å². The summed E-state index contributed by atoms with van der Waals surface area (Å²) in [7, 11) is 1.99. The normalized spacial score (nSPS) is 38.5. The zero-order valence-electron chi connectivity index (χ0n) is 6.68. The average molecular weight is 155 g/mol. The molecule has 0 aromatic rings. The van der Waals surface area contributed by atoms with Crippen LogP contribution in [0.25, 0.3) is 0 Å². The summed E-state index contributed by atoms with van der Waals surface area (Å²) in [6, 6.07) is 0. The molecule has 2 saturated heterocycles. The largest absolute Gasteiger partial charge is 0.335 e. The predicted octanol–water partition coefficient (Wildman–Crippen LogP) is -1.26. The minimum atomic E-state index is -0.0584. The Morgan fingerprint density at radius 2 is 2.45 bits per heavy atom. The summed E-state index contributed by atoms with van der Waals surface area (Å²) in [5.74, 6) is 0.149. The molecule has 2 heterocycles. The van der Waals surface area contributed by atoms with Gasteiger partial charge in [-0.2, -0.15) is 0 Å². The highest BCUT2D eigenvalue weighted by Gasteiger charge is 2.44. The molecule has 1 unspecified atom stereocenters. The second kappa shape index (κ2) is 2.19. The molecule has 2 aliphatic rings. The molecular weight excluding hydrogens is 142 g/mol. The first-order valence-electron chi connectivity index (χ1n) is 3.96. The zero-order chi connectivity index (χ0) is 7.90. The Labute approximate surface area is 65.9 Å². The van der Waals surface area contributed by atoms with Crippen molar-refractivity contribution in [2.24, 2.45) is 0 Å². The van der Waals surface area contributed by atoms with Crippen LogP contribution in [-0.2, 0) is 4.79 Å². The van der Waals surface area contributed by atoms with Crippen LogP contribution >= 0.6 is 0 Å². The van der Waals surface area contributed by atoms with E-state index < -0.39 is 0 Å². The molecule has 62 valence electrons. The maximum absolute atomic E-state index is 11.0. The van der Waals surface area contributed by atoms with Crippen LogP contribution in [0.1, 0.15) is 6.42 Å². The van der Waals surface area contributed by atoms with Crippen LogP contribution in [0.3, 0.4) is 0 Å². The summed E-state index contributed by atoms with van der Waals surface area (Å²) < 4.78 is 0. The summed E-state index contributed by atoms with van der Waals surface area (Å²) in [6.45, 7) is 2.43. The zero-order valence-corrected chi connectivity index (χ0v) is 6.68. The first-order chi connectivity index (χ1) is 5.23. The molecule has 0 bridgehead atoms. The van der Waals surface area contributed by atoms with Crippen LogP contribution in [0.2, 0.25) is 0 Å². The Morgan fingerprint density at radius 1 is 1.64 bits per heavy atom. The second-order valence-corrected chi connectivity index (χ2v) is 3.36. The van der Waals surface area contributed by atoms with E-state index >= 15 is 0 Å². The first kappa shape index (κ1) is 7.06. The van der Waals surface area contributed by atoms with Crippen molar-refractivity contribution >= 4 is 5.91 Å². The highest BCUT2D eigenvalue weighted by atomic mass is 16.2. The Balaban J connectivity index is 2.18. The number of hydrogen-bond acceptors (Lipinski definition) is 3. The molecule has 11 heavy (non-hydrogen) atoms. The molecular formula is C7H13N3O. The molecule has 0 aromatic heterocycles. The SMILES string of the molecule is CN1CC(=O)NC12CCNC2. The van der Waals surface area contributed by atoms with E-state index in [0.717, 1.165) is 19.5 Å². The van der Waals surface area contributed by atoms with E-state index in [1.165, 1.54) is 0 Å². The lowest BCUT2D eigenvalue weighted by atomic mass is 10.1. The average Bonchev–Trinajstić information content (AvgIpc) is 2.45. The summed E-state index contributed by atoms with van der Waals surface area (Å²) in [6.07, 6.45) is 1.02. The topological polar surface area (TPSA) is 44.4 Å². The van der Waals surface area contributed by atoms with Crippen molar-refractivity contribution in [3.8, 4) is 0 Å². The van der Waals surface area contributed by atoms with Gasteiger partial charge >= 0.3 is 0 Å². The molecule has 2 rings (SSSR count). The maximum Gasteiger partial charge on any atom is 0.235 e. The van der Waals surface area contributed by atoms with Gasteiger partial charge in [-0.1, -0.05) is 0 Å². The van der Waals surface area contributed by atoms with Gasteiger partial charge in [0, 0.05) is 6.54 Å². The summed E-state index contributed by atoms with van der Waals surface area (Å²) in [5, 5.41) is 6.25. The molecule has 1 amide bonds. The summed E-state index contributed by atoms with van der Waals surface area (Å²) >= 11 is 0. The number of amides is 1. The van der Waals surface area contributed by atoms with Crippen molar-refractivity contribution < 1.29 is 4.79 Å². The van der Waals surface area contributed by atoms with Crippen molar-refractivity contribution in [3.05, 3.63) is 0 Å². The Morgan fingerprint density at radius 3 is 2.91 bits per heavy atom. The lowest BCUT2D eigenvalue weighted by Crippen LogP contribution is -2.51. The minimum Gasteiger partial charge on any atom is -0.335 e. The highest BCUT2D eigenvalue weighted by molar-refractivity contribution is 5.81. The van der Waals surface area contributed by atoms with Gasteiger partial charge < -0.3 is 10.6 Å². The van der Waals surface area contributed by atoms with Crippen molar-refractivity contribution in [2.45, 2.75) is 12.1 Å². The fourth-order valence-corrected chi connectivity index (χ4v) is 1.87. The van der Waals surface area contributed by atoms with Crippen LogP contribution in [0.4, 0.5) is 0 Å². The van der Waals surface area contributed by atoms with Crippen molar-refractivity contribution in [1.82, 2.24) is 15.5 Å². The first-order valence-corrected chi connectivity index (χ1v) is 3.96. The molecule has 0 saturated carbocycles. The van der Waals surface area contributed by atoms with Crippen molar-refractivity contribution in [2.75, 3.05) is 26.7 Å². The van der Waals surface area contributed by atoms with Gasteiger partial charge in [-0.05, 0) is 20.0 Å². The smallest absolute Gasteiger partial charge is 0.235 e. The molecule has 1 spiro atoms. The molecule has 0 radical (unpaired) electrons. The quantitative estimate of drug-likeness (QED) is 0.459. The van der Waals surface area contributed by atoms with E-state index in [-0.39, 0.29) is 11.6 Å². The Kier molecular flexibility index (Phi) is 1.40. The minimum absolute atomic E-state index is 0.0584. The van der Waals surface area contributed by atoms with E-state index in [4.69, 9.17) is 0 Å². The fourth-order valence-electron chi connectivity index (χ4n) is 1.87. The third kappa shape index (κ3) is 0.937. The van der Waals surface area contributed by atoms with Gasteiger partial charge in [-0.15, -0.1) is 0 Å². The number of carbonyl (C=O) groups excluding carboxylic acids is 1. The number of nitrogens with one attached hydrogen (secondary N) is 2. The van der Waals surface area contributed by atoms with Crippen LogP contribution in [-0.4, -0.2) is 43.2 Å². The van der Waals surface area contributed by atoms with Gasteiger partial charge in [0.15, 0.2) is 0 Å². The van der Waals surface area contributed by atoms with Crippen LogP contribution < -0.4 is 10.6 Å². The molecule has 2 fully saturated rings. The van der Waals surface area contributed by atoms with Gasteiger partial charge in [-0.25, -0.2) is 0 Å². The van der Waals surface area contributed by atoms with E-state index in [1.54, 1.807) is 0 Å². The second-order valence-electron chi connectivity index (χ2n) is 3.36. The number of carbonyl (C=O) groups is 1. The van der Waals surface area contributed by atoms with E-state index in [2.05, 4.69) is 15.5 Å². The molecule has 0 aliphatic carbocycles. The van der Waals surface area contributed by atoms with E-state index in [9.17, 15) is 4.79 Å². The molecule has 4 nitrogen and oxygen atoms in total. The summed E-state index contributed by atoms with van der Waals surface area (Å²) in [5.41, 5.74) is -0.0584. The van der Waals surface area contributed by atoms with Gasteiger partial charge in [0.05, 0.1) is 6.54 Å². The van der Waals surface area contributed by atoms with Crippen molar-refractivity contribution in [1.29, 1.82) is 0 Å². The van der Waals surface area contributed by atoms with Crippen LogP contribution in [0.5, 0.6) is 0 Å². The monoisotopic (exact) mass is 155 g/mol. The summed E-state index contributed by atoms with van der Waals surface area (Å²) in [4.78, 5) is 13.1. The number of likely N-dealkylation sites (N-methyl/N-ethyl adjacent to an activating group) is 1. The molecule has 2 aliphatic heterocycles. The molecule has 0 aromatic carbocycles. The Bertz CT molecular complexity index is 186. The lowest BCUT2D eigenvalue weighted by molar-refractivity contribution is -0.118. The third-order valence-electron chi connectivity index (χ3n) is 2.62. The molecule has 2 N–H and O–H groups in total. The van der Waals surface area contributed by atoms with Crippen LogP contribution in [0, 0.1) is 0 Å². The van der Waals surface area contributed by atoms with Gasteiger partial charge in [0.25, 0.3) is 0 Å². The third-order valence-corrected chi connectivity index (χ3v) is 2.62.